The van der Waals surface area contributed by atoms with E-state index < -0.39 is 0 Å². The number of hydrogen-bond donors (Lipinski definition) is 2. The summed E-state index contributed by atoms with van der Waals surface area (Å²) in [6, 6.07) is 11.0. The molecule has 2 aromatic rings. The molecule has 122 valence electrons. The van der Waals surface area contributed by atoms with Gasteiger partial charge in [-0.05, 0) is 44.0 Å². The maximum atomic E-state index is 11.8. The van der Waals surface area contributed by atoms with E-state index >= 15 is 0 Å². The zero-order valence-electron chi connectivity index (χ0n) is 13.8. The van der Waals surface area contributed by atoms with E-state index in [1.807, 2.05) is 13.1 Å². The smallest absolute Gasteiger partial charge is 0.251 e. The van der Waals surface area contributed by atoms with Crippen LogP contribution in [0.15, 0.2) is 36.4 Å². The van der Waals surface area contributed by atoms with E-state index in [9.17, 15) is 9.59 Å². The van der Waals surface area contributed by atoms with Crippen LogP contribution in [0.1, 0.15) is 27.3 Å². The van der Waals surface area contributed by atoms with E-state index in [0.717, 1.165) is 6.42 Å². The molecule has 2 rings (SSSR count). The Balaban J connectivity index is 1.73. The second-order valence-electron chi connectivity index (χ2n) is 5.60. The maximum absolute atomic E-state index is 11.8. The molecule has 0 aliphatic carbocycles. The average molecular weight is 313 g/mol. The Hall–Kier alpha value is -2.56. The molecule has 1 heterocycles. The summed E-state index contributed by atoms with van der Waals surface area (Å²) < 4.78 is 2.14. The van der Waals surface area contributed by atoms with Gasteiger partial charge < -0.3 is 15.2 Å². The van der Waals surface area contributed by atoms with Gasteiger partial charge in [0.1, 0.15) is 0 Å². The van der Waals surface area contributed by atoms with Crippen LogP contribution in [0, 0.1) is 13.8 Å². The first-order valence-electron chi connectivity index (χ1n) is 7.70. The Morgan fingerprint density at radius 2 is 1.78 bits per heavy atom. The molecule has 5 nitrogen and oxygen atoms in total. The van der Waals surface area contributed by atoms with Gasteiger partial charge in [0.05, 0.1) is 6.54 Å². The third kappa shape index (κ3) is 4.45. The van der Waals surface area contributed by atoms with Crippen LogP contribution in [0.2, 0.25) is 0 Å². The van der Waals surface area contributed by atoms with Crippen LogP contribution in [-0.4, -0.2) is 29.5 Å². The zero-order chi connectivity index (χ0) is 16.8. The topological polar surface area (TPSA) is 63.1 Å². The predicted molar refractivity (Wildman–Crippen MR) is 90.4 cm³/mol. The molecule has 0 unspecified atom stereocenters. The molecule has 23 heavy (non-hydrogen) atoms. The Morgan fingerprint density at radius 3 is 2.39 bits per heavy atom. The van der Waals surface area contributed by atoms with Crippen LogP contribution >= 0.6 is 0 Å². The Morgan fingerprint density at radius 1 is 1.09 bits per heavy atom. The van der Waals surface area contributed by atoms with Crippen molar-refractivity contribution in [2.45, 2.75) is 20.3 Å². The molecular formula is C18H23N3O2. The van der Waals surface area contributed by atoms with Gasteiger partial charge in [-0.25, -0.2) is 0 Å². The Kier molecular flexibility index (Phi) is 5.57. The van der Waals surface area contributed by atoms with Crippen LogP contribution in [0.4, 0.5) is 0 Å². The van der Waals surface area contributed by atoms with Gasteiger partial charge in [0.15, 0.2) is 0 Å². The molecule has 2 N–H and O–H groups in total. The highest BCUT2D eigenvalue weighted by Crippen LogP contribution is 2.13. The number of carbonyl (C=O) groups excluding carboxylic acids is 2. The normalized spacial score (nSPS) is 10.4. The first-order chi connectivity index (χ1) is 11.0. The fourth-order valence-corrected chi connectivity index (χ4v) is 2.44. The van der Waals surface area contributed by atoms with E-state index in [1.54, 1.807) is 24.3 Å². The van der Waals surface area contributed by atoms with Crippen molar-refractivity contribution in [3.05, 3.63) is 58.9 Å². The summed E-state index contributed by atoms with van der Waals surface area (Å²) in [5.41, 5.74) is 4.21. The van der Waals surface area contributed by atoms with Crippen molar-refractivity contribution < 1.29 is 9.59 Å². The second kappa shape index (κ2) is 7.63. The quantitative estimate of drug-likeness (QED) is 0.853. The standard InChI is InChI=1S/C18H23N3O2/c1-13-11-16(14(2)21(13)3)9-10-19-17(22)12-20-18(23)15-7-5-4-6-8-15/h4-8,11H,9-10,12H2,1-3H3,(H,19,22)(H,20,23). The van der Waals surface area contributed by atoms with Crippen LogP contribution < -0.4 is 10.6 Å². The summed E-state index contributed by atoms with van der Waals surface area (Å²) in [6.45, 7) is 4.68. The third-order valence-corrected chi connectivity index (χ3v) is 4.04. The minimum Gasteiger partial charge on any atom is -0.354 e. The average Bonchev–Trinajstić information content (AvgIpc) is 2.80. The molecule has 0 bridgehead atoms. The zero-order valence-corrected chi connectivity index (χ0v) is 13.8. The highest BCUT2D eigenvalue weighted by molar-refractivity contribution is 5.96. The van der Waals surface area contributed by atoms with Crippen molar-refractivity contribution >= 4 is 11.8 Å². The Bertz CT molecular complexity index is 690. The van der Waals surface area contributed by atoms with Crippen molar-refractivity contribution in [2.75, 3.05) is 13.1 Å². The molecule has 1 aromatic carbocycles. The van der Waals surface area contributed by atoms with Crippen molar-refractivity contribution in [3.63, 3.8) is 0 Å². The number of carbonyl (C=O) groups is 2. The van der Waals surface area contributed by atoms with Gasteiger partial charge in [-0.15, -0.1) is 0 Å². The monoisotopic (exact) mass is 313 g/mol. The first-order valence-corrected chi connectivity index (χ1v) is 7.70. The number of aryl methyl sites for hydroxylation is 1. The van der Waals surface area contributed by atoms with Gasteiger partial charge in [0.2, 0.25) is 5.91 Å². The van der Waals surface area contributed by atoms with E-state index in [1.165, 1.54) is 17.0 Å². The summed E-state index contributed by atoms with van der Waals surface area (Å²) in [5.74, 6) is -0.421. The number of aromatic nitrogens is 1. The number of nitrogens with one attached hydrogen (secondary N) is 2. The number of hydrogen-bond acceptors (Lipinski definition) is 2. The van der Waals surface area contributed by atoms with Crippen LogP contribution in [-0.2, 0) is 18.3 Å². The molecule has 0 radical (unpaired) electrons. The van der Waals surface area contributed by atoms with Gasteiger partial charge in [-0.3, -0.25) is 9.59 Å². The lowest BCUT2D eigenvalue weighted by Gasteiger charge is -2.07. The largest absolute Gasteiger partial charge is 0.354 e. The van der Waals surface area contributed by atoms with Gasteiger partial charge in [0, 0.05) is 30.5 Å². The summed E-state index contributed by atoms with van der Waals surface area (Å²) in [7, 11) is 2.03. The lowest BCUT2D eigenvalue weighted by atomic mass is 10.2. The van der Waals surface area contributed by atoms with E-state index in [-0.39, 0.29) is 18.4 Å². The molecule has 0 saturated heterocycles. The molecule has 0 saturated carbocycles. The molecule has 0 aliphatic heterocycles. The lowest BCUT2D eigenvalue weighted by molar-refractivity contribution is -0.120. The molecule has 5 heteroatoms. The number of amides is 2. The maximum Gasteiger partial charge on any atom is 0.251 e. The minimum absolute atomic E-state index is 0.0134. The molecule has 0 spiro atoms. The first kappa shape index (κ1) is 16.8. The van der Waals surface area contributed by atoms with Gasteiger partial charge >= 0.3 is 0 Å². The lowest BCUT2D eigenvalue weighted by Crippen LogP contribution is -2.37. The van der Waals surface area contributed by atoms with Crippen molar-refractivity contribution in [2.24, 2.45) is 7.05 Å². The van der Waals surface area contributed by atoms with Crippen molar-refractivity contribution in [1.82, 2.24) is 15.2 Å². The molecular weight excluding hydrogens is 290 g/mol. The van der Waals surface area contributed by atoms with Crippen LogP contribution in [0.5, 0.6) is 0 Å². The van der Waals surface area contributed by atoms with E-state index in [4.69, 9.17) is 0 Å². The highest BCUT2D eigenvalue weighted by Gasteiger charge is 2.09. The Labute approximate surface area is 136 Å². The molecule has 2 amide bonds. The summed E-state index contributed by atoms with van der Waals surface area (Å²) in [6.07, 6.45) is 0.784. The number of rotatable bonds is 6. The molecule has 0 fully saturated rings. The summed E-state index contributed by atoms with van der Waals surface area (Å²) >= 11 is 0. The fraction of sp³-hybridized carbons (Fsp3) is 0.333. The van der Waals surface area contributed by atoms with E-state index in [2.05, 4.69) is 35.1 Å². The van der Waals surface area contributed by atoms with Gasteiger partial charge in [-0.1, -0.05) is 18.2 Å². The van der Waals surface area contributed by atoms with Crippen molar-refractivity contribution in [3.8, 4) is 0 Å². The number of benzene rings is 1. The van der Waals surface area contributed by atoms with Crippen LogP contribution in [0.25, 0.3) is 0 Å². The highest BCUT2D eigenvalue weighted by atomic mass is 16.2. The van der Waals surface area contributed by atoms with Gasteiger partial charge in [-0.2, -0.15) is 0 Å². The molecule has 1 aromatic heterocycles. The fourth-order valence-electron chi connectivity index (χ4n) is 2.44. The number of nitrogens with zero attached hydrogens (tertiary/aromatic N) is 1. The predicted octanol–water partition coefficient (Wildman–Crippen LogP) is 1.73. The molecule has 0 atom stereocenters. The summed E-state index contributed by atoms with van der Waals surface area (Å²) in [5, 5.41) is 5.45. The minimum atomic E-state index is -0.240. The summed E-state index contributed by atoms with van der Waals surface area (Å²) in [4.78, 5) is 23.6. The van der Waals surface area contributed by atoms with Gasteiger partial charge in [0.25, 0.3) is 5.91 Å². The van der Waals surface area contributed by atoms with Crippen LogP contribution in [0.3, 0.4) is 0 Å². The molecule has 0 aliphatic rings. The SMILES string of the molecule is Cc1cc(CCNC(=O)CNC(=O)c2ccccc2)c(C)n1C. The van der Waals surface area contributed by atoms with Crippen molar-refractivity contribution in [1.29, 1.82) is 0 Å². The second-order valence-corrected chi connectivity index (χ2v) is 5.60. The van der Waals surface area contributed by atoms with E-state index in [0.29, 0.717) is 12.1 Å². The third-order valence-electron chi connectivity index (χ3n) is 4.04.